The summed E-state index contributed by atoms with van der Waals surface area (Å²) < 4.78 is 17.3. The molecule has 0 aromatic heterocycles. The zero-order valence-electron chi connectivity index (χ0n) is 15.4. The molecule has 0 amide bonds. The van der Waals surface area contributed by atoms with Crippen LogP contribution in [0.3, 0.4) is 0 Å². The highest BCUT2D eigenvalue weighted by molar-refractivity contribution is 5.14. The van der Waals surface area contributed by atoms with Gasteiger partial charge in [0, 0.05) is 7.11 Å². The zero-order valence-corrected chi connectivity index (χ0v) is 15.4. The Labute approximate surface area is 149 Å². The highest BCUT2D eigenvalue weighted by atomic mass is 16.7. The van der Waals surface area contributed by atoms with Crippen LogP contribution in [0.5, 0.6) is 0 Å². The molecule has 1 fully saturated rings. The van der Waals surface area contributed by atoms with Crippen LogP contribution in [0.2, 0.25) is 0 Å². The molecule has 6 heteroatoms. The summed E-state index contributed by atoms with van der Waals surface area (Å²) in [5, 5.41) is 31.3. The van der Waals surface area contributed by atoms with Gasteiger partial charge in [0.15, 0.2) is 6.29 Å². The van der Waals surface area contributed by atoms with Crippen molar-refractivity contribution in [3.63, 3.8) is 0 Å². The lowest BCUT2D eigenvalue weighted by atomic mass is 9.66. The summed E-state index contributed by atoms with van der Waals surface area (Å²) in [7, 11) is 1.48. The Morgan fingerprint density at radius 2 is 1.96 bits per heavy atom. The summed E-state index contributed by atoms with van der Waals surface area (Å²) in [6, 6.07) is 9.64. The van der Waals surface area contributed by atoms with Gasteiger partial charge in [-0.25, -0.2) is 0 Å². The Kier molecular flexibility index (Phi) is 6.59. The number of methoxy groups -OCH3 is 1. The van der Waals surface area contributed by atoms with Gasteiger partial charge in [-0.3, -0.25) is 0 Å². The van der Waals surface area contributed by atoms with Crippen molar-refractivity contribution < 1.29 is 29.5 Å². The molecule has 0 saturated carbocycles. The molecule has 0 aliphatic carbocycles. The van der Waals surface area contributed by atoms with E-state index < -0.39 is 35.6 Å². The van der Waals surface area contributed by atoms with Gasteiger partial charge < -0.3 is 29.5 Å². The fourth-order valence-electron chi connectivity index (χ4n) is 3.65. The number of benzene rings is 1. The number of aliphatic hydroxyl groups excluding tert-OH is 2. The van der Waals surface area contributed by atoms with Crippen LogP contribution in [-0.2, 0) is 20.8 Å². The summed E-state index contributed by atoms with van der Waals surface area (Å²) in [4.78, 5) is 0. The van der Waals surface area contributed by atoms with Gasteiger partial charge in [-0.05, 0) is 25.8 Å². The average molecular weight is 354 g/mol. The Morgan fingerprint density at radius 3 is 2.48 bits per heavy atom. The summed E-state index contributed by atoms with van der Waals surface area (Å²) in [5.41, 5.74) is -1.63. The molecule has 0 spiro atoms. The van der Waals surface area contributed by atoms with Crippen LogP contribution in [0.4, 0.5) is 0 Å². The zero-order chi connectivity index (χ0) is 18.7. The number of hydrogen-bond acceptors (Lipinski definition) is 6. The van der Waals surface area contributed by atoms with E-state index in [0.717, 1.165) is 5.56 Å². The summed E-state index contributed by atoms with van der Waals surface area (Å²) in [5.74, 6) is 0. The van der Waals surface area contributed by atoms with Gasteiger partial charge in [0.25, 0.3) is 0 Å². The Bertz CT molecular complexity index is 534. The van der Waals surface area contributed by atoms with E-state index in [2.05, 4.69) is 0 Å². The predicted molar refractivity (Wildman–Crippen MR) is 92.8 cm³/mol. The Morgan fingerprint density at radius 1 is 1.32 bits per heavy atom. The van der Waals surface area contributed by atoms with E-state index in [4.69, 9.17) is 14.2 Å². The fourth-order valence-corrected chi connectivity index (χ4v) is 3.65. The van der Waals surface area contributed by atoms with E-state index in [1.165, 1.54) is 7.11 Å². The van der Waals surface area contributed by atoms with Gasteiger partial charge in [0.05, 0.1) is 30.8 Å². The number of aliphatic hydroxyl groups is 3. The minimum Gasteiger partial charge on any atom is -0.394 e. The lowest BCUT2D eigenvalue weighted by Crippen LogP contribution is -2.62. The molecule has 1 aromatic rings. The third kappa shape index (κ3) is 3.60. The van der Waals surface area contributed by atoms with Crippen molar-refractivity contribution in [2.24, 2.45) is 5.41 Å². The minimum atomic E-state index is -1.53. The van der Waals surface area contributed by atoms with Crippen LogP contribution in [0.25, 0.3) is 0 Å². The van der Waals surface area contributed by atoms with Gasteiger partial charge in [0.1, 0.15) is 11.7 Å². The second-order valence-electron chi connectivity index (χ2n) is 7.00. The quantitative estimate of drug-likeness (QED) is 0.655. The monoisotopic (exact) mass is 354 g/mol. The molecule has 6 nitrogen and oxygen atoms in total. The van der Waals surface area contributed by atoms with E-state index in [9.17, 15) is 15.3 Å². The van der Waals surface area contributed by atoms with Crippen LogP contribution in [-0.4, -0.2) is 59.2 Å². The summed E-state index contributed by atoms with van der Waals surface area (Å²) >= 11 is 0. The van der Waals surface area contributed by atoms with Crippen molar-refractivity contribution in [3.05, 3.63) is 35.9 Å². The van der Waals surface area contributed by atoms with Gasteiger partial charge in [-0.1, -0.05) is 37.3 Å². The third-order valence-electron chi connectivity index (χ3n) is 5.51. The minimum absolute atomic E-state index is 0.271. The second-order valence-corrected chi connectivity index (χ2v) is 7.00. The fraction of sp³-hybridized carbons (Fsp3) is 0.684. The maximum Gasteiger partial charge on any atom is 0.168 e. The van der Waals surface area contributed by atoms with E-state index in [-0.39, 0.29) is 6.61 Å². The second kappa shape index (κ2) is 8.12. The molecule has 142 valence electrons. The first-order valence-corrected chi connectivity index (χ1v) is 8.67. The lowest BCUT2D eigenvalue weighted by molar-refractivity contribution is -0.242. The van der Waals surface area contributed by atoms with Crippen molar-refractivity contribution in [1.29, 1.82) is 0 Å². The maximum atomic E-state index is 11.2. The van der Waals surface area contributed by atoms with Gasteiger partial charge >= 0.3 is 0 Å². The summed E-state index contributed by atoms with van der Waals surface area (Å²) in [6.45, 7) is 5.16. The normalized spacial score (nSPS) is 33.2. The van der Waals surface area contributed by atoms with Crippen molar-refractivity contribution in [2.45, 2.75) is 64.0 Å². The third-order valence-corrected chi connectivity index (χ3v) is 5.51. The van der Waals surface area contributed by atoms with Gasteiger partial charge in [-0.2, -0.15) is 0 Å². The molecular formula is C19H30O6. The first-order valence-electron chi connectivity index (χ1n) is 8.67. The highest BCUT2D eigenvalue weighted by Crippen LogP contribution is 2.50. The molecule has 25 heavy (non-hydrogen) atoms. The van der Waals surface area contributed by atoms with E-state index >= 15 is 0 Å². The predicted octanol–water partition coefficient (Wildman–Crippen LogP) is 1.46. The Balaban J connectivity index is 2.33. The molecule has 2 rings (SSSR count). The molecule has 1 heterocycles. The SMILES string of the molecule is CC[C@@H](O)[C@](C)(O)[C@]1(C)[C@H](OC)O[C@H](CO)[C@@H]1OCc1ccccc1. The number of rotatable bonds is 8. The summed E-state index contributed by atoms with van der Waals surface area (Å²) in [6.07, 6.45) is -2.75. The molecule has 1 aliphatic heterocycles. The molecule has 0 bridgehead atoms. The van der Waals surface area contributed by atoms with Crippen LogP contribution in [0.1, 0.15) is 32.8 Å². The molecule has 1 aliphatic rings. The van der Waals surface area contributed by atoms with E-state index in [1.807, 2.05) is 30.3 Å². The number of hydrogen-bond donors (Lipinski definition) is 3. The van der Waals surface area contributed by atoms with Crippen LogP contribution in [0, 0.1) is 5.41 Å². The van der Waals surface area contributed by atoms with Crippen LogP contribution in [0.15, 0.2) is 30.3 Å². The average Bonchev–Trinajstić information content (AvgIpc) is 2.92. The van der Waals surface area contributed by atoms with Crippen molar-refractivity contribution in [2.75, 3.05) is 13.7 Å². The highest BCUT2D eigenvalue weighted by Gasteiger charge is 2.65. The molecule has 0 unspecified atom stereocenters. The Hall–Kier alpha value is -1.02. The van der Waals surface area contributed by atoms with Crippen molar-refractivity contribution in [3.8, 4) is 0 Å². The molecular weight excluding hydrogens is 324 g/mol. The largest absolute Gasteiger partial charge is 0.394 e. The van der Waals surface area contributed by atoms with Crippen LogP contribution >= 0.6 is 0 Å². The molecule has 3 N–H and O–H groups in total. The van der Waals surface area contributed by atoms with Gasteiger partial charge in [-0.15, -0.1) is 0 Å². The van der Waals surface area contributed by atoms with Crippen molar-refractivity contribution in [1.82, 2.24) is 0 Å². The maximum absolute atomic E-state index is 11.2. The van der Waals surface area contributed by atoms with Crippen LogP contribution < -0.4 is 0 Å². The number of ether oxygens (including phenoxy) is 3. The standard InChI is InChI=1S/C19H30O6/c1-5-15(21)19(3,22)18(2)16(14(11-20)25-17(18)23-4)24-12-13-9-7-6-8-10-13/h6-10,14-17,20-22H,5,11-12H2,1-4H3/t14-,15-,16+,17-,18+,19+/m1/s1. The van der Waals surface area contributed by atoms with Crippen molar-refractivity contribution >= 4 is 0 Å². The molecule has 0 radical (unpaired) electrons. The molecule has 1 saturated heterocycles. The molecule has 1 aromatic carbocycles. The smallest absolute Gasteiger partial charge is 0.168 e. The van der Waals surface area contributed by atoms with E-state index in [1.54, 1.807) is 20.8 Å². The first-order chi connectivity index (χ1) is 11.8. The molecule has 6 atom stereocenters. The van der Waals surface area contributed by atoms with Gasteiger partial charge in [0.2, 0.25) is 0 Å². The topological polar surface area (TPSA) is 88.4 Å². The van der Waals surface area contributed by atoms with E-state index in [0.29, 0.717) is 13.0 Å². The lowest BCUT2D eigenvalue weighted by Gasteiger charge is -2.47. The first kappa shape index (κ1) is 20.3.